The van der Waals surface area contributed by atoms with E-state index in [0.29, 0.717) is 23.4 Å². The Hall–Kier alpha value is -2.63. The van der Waals surface area contributed by atoms with Gasteiger partial charge in [-0.1, -0.05) is 0 Å². The molecule has 30 heavy (non-hydrogen) atoms. The van der Waals surface area contributed by atoms with E-state index >= 15 is 0 Å². The molecule has 158 valence electrons. The summed E-state index contributed by atoms with van der Waals surface area (Å²) in [4.78, 5) is 15.0. The van der Waals surface area contributed by atoms with E-state index in [-0.39, 0.29) is 35.7 Å². The van der Waals surface area contributed by atoms with E-state index < -0.39 is 18.7 Å². The number of aliphatic hydroxyl groups is 1. The zero-order chi connectivity index (χ0) is 21.6. The minimum Gasteiger partial charge on any atom is -0.391 e. The predicted octanol–water partition coefficient (Wildman–Crippen LogP) is 3.54. The standard InChI is InChI=1S/C22H22F3N3O2/c1-13-18(21(30)12-27-16-6-7-19(27)20(29)9-16)8-17(10-22(23,24)25)28(13)15-4-2-14(11-26)3-5-15/h2-5,8,16,19-20,29H,6-7,9-10,12H2,1H3/t16?,19?,20-/m1/s1. The van der Waals surface area contributed by atoms with Gasteiger partial charge in [0.15, 0.2) is 5.78 Å². The molecule has 2 saturated heterocycles. The van der Waals surface area contributed by atoms with Crippen molar-refractivity contribution in [1.29, 1.82) is 5.26 Å². The molecular weight excluding hydrogens is 395 g/mol. The Balaban J connectivity index is 1.68. The summed E-state index contributed by atoms with van der Waals surface area (Å²) in [6, 6.07) is 9.66. The fraction of sp³-hybridized carbons (Fsp3) is 0.455. The minimum atomic E-state index is -4.42. The van der Waals surface area contributed by atoms with Crippen molar-refractivity contribution in [2.75, 3.05) is 6.54 Å². The maximum absolute atomic E-state index is 13.2. The van der Waals surface area contributed by atoms with Crippen LogP contribution in [0.5, 0.6) is 0 Å². The van der Waals surface area contributed by atoms with E-state index in [9.17, 15) is 23.1 Å². The van der Waals surface area contributed by atoms with Crippen LogP contribution in [-0.2, 0) is 6.42 Å². The Kier molecular flexibility index (Phi) is 5.20. The summed E-state index contributed by atoms with van der Waals surface area (Å²) in [5.74, 6) is -0.241. The highest BCUT2D eigenvalue weighted by Crippen LogP contribution is 2.38. The second-order valence-corrected chi connectivity index (χ2v) is 8.12. The second-order valence-electron chi connectivity index (χ2n) is 8.12. The molecule has 4 rings (SSSR count). The molecule has 5 nitrogen and oxygen atoms in total. The molecule has 3 atom stereocenters. The molecule has 8 heteroatoms. The van der Waals surface area contributed by atoms with Crippen molar-refractivity contribution >= 4 is 5.78 Å². The lowest BCUT2D eigenvalue weighted by molar-refractivity contribution is -0.128. The van der Waals surface area contributed by atoms with Gasteiger partial charge in [-0.3, -0.25) is 9.69 Å². The molecule has 2 bridgehead atoms. The van der Waals surface area contributed by atoms with Gasteiger partial charge in [0, 0.05) is 34.7 Å². The number of rotatable bonds is 5. The third-order valence-corrected chi connectivity index (χ3v) is 6.23. The van der Waals surface area contributed by atoms with Crippen LogP contribution in [0.2, 0.25) is 0 Å². The van der Waals surface area contributed by atoms with Crippen LogP contribution in [0, 0.1) is 18.3 Å². The topological polar surface area (TPSA) is 69.3 Å². The molecule has 3 heterocycles. The summed E-state index contributed by atoms with van der Waals surface area (Å²) in [5, 5.41) is 19.1. The summed E-state index contributed by atoms with van der Waals surface area (Å²) in [6.07, 6.45) is -3.62. The Labute approximate surface area is 172 Å². The van der Waals surface area contributed by atoms with E-state index in [2.05, 4.69) is 0 Å². The highest BCUT2D eigenvalue weighted by atomic mass is 19.4. The first-order valence-electron chi connectivity index (χ1n) is 9.93. The van der Waals surface area contributed by atoms with Gasteiger partial charge in [-0.2, -0.15) is 18.4 Å². The zero-order valence-electron chi connectivity index (χ0n) is 16.5. The zero-order valence-corrected chi connectivity index (χ0v) is 16.5. The van der Waals surface area contributed by atoms with Crippen molar-refractivity contribution in [3.63, 3.8) is 0 Å². The van der Waals surface area contributed by atoms with E-state index in [0.717, 1.165) is 12.8 Å². The van der Waals surface area contributed by atoms with Crippen LogP contribution >= 0.6 is 0 Å². The average Bonchev–Trinajstić information content (AvgIpc) is 3.30. The van der Waals surface area contributed by atoms with Gasteiger partial charge >= 0.3 is 6.18 Å². The summed E-state index contributed by atoms with van der Waals surface area (Å²) in [6.45, 7) is 1.73. The van der Waals surface area contributed by atoms with Crippen LogP contribution in [0.3, 0.4) is 0 Å². The summed E-state index contributed by atoms with van der Waals surface area (Å²) >= 11 is 0. The number of carbonyl (C=O) groups excluding carboxylic acids is 1. The molecule has 0 spiro atoms. The molecule has 0 aliphatic carbocycles. The quantitative estimate of drug-likeness (QED) is 0.756. The number of nitriles is 1. The van der Waals surface area contributed by atoms with Gasteiger partial charge in [-0.05, 0) is 56.5 Å². The van der Waals surface area contributed by atoms with Gasteiger partial charge in [0.25, 0.3) is 0 Å². The number of Topliss-reactive ketones (excluding diaryl/α,β-unsaturated/α-hetero) is 1. The summed E-state index contributed by atoms with van der Waals surface area (Å²) in [7, 11) is 0. The molecule has 2 aliphatic rings. The van der Waals surface area contributed by atoms with Crippen LogP contribution < -0.4 is 0 Å². The average molecular weight is 417 g/mol. The van der Waals surface area contributed by atoms with E-state index in [1.807, 2.05) is 11.0 Å². The second kappa shape index (κ2) is 7.56. The number of aliphatic hydroxyl groups excluding tert-OH is 1. The molecular formula is C22H22F3N3O2. The van der Waals surface area contributed by atoms with Crippen molar-refractivity contribution in [2.24, 2.45) is 0 Å². The number of ketones is 1. The first-order valence-corrected chi connectivity index (χ1v) is 9.93. The Bertz CT molecular complexity index is 1000. The smallest absolute Gasteiger partial charge is 0.391 e. The monoisotopic (exact) mass is 417 g/mol. The van der Waals surface area contributed by atoms with E-state index in [1.54, 1.807) is 19.1 Å². The molecule has 2 fully saturated rings. The number of benzene rings is 1. The third kappa shape index (κ3) is 3.75. The number of alkyl halides is 3. The molecule has 1 aromatic heterocycles. The van der Waals surface area contributed by atoms with Crippen molar-refractivity contribution < 1.29 is 23.1 Å². The summed E-state index contributed by atoms with van der Waals surface area (Å²) < 4.78 is 41.0. The first-order chi connectivity index (χ1) is 14.2. The number of nitrogens with zero attached hydrogens (tertiary/aromatic N) is 3. The molecule has 0 amide bonds. The lowest BCUT2D eigenvalue weighted by atomic mass is 9.98. The molecule has 2 aromatic rings. The van der Waals surface area contributed by atoms with Crippen LogP contribution in [0.4, 0.5) is 13.2 Å². The summed E-state index contributed by atoms with van der Waals surface area (Å²) in [5.41, 5.74) is 1.56. The van der Waals surface area contributed by atoms with Crippen molar-refractivity contribution in [2.45, 2.75) is 57.0 Å². The van der Waals surface area contributed by atoms with Gasteiger partial charge in [0.05, 0.1) is 30.7 Å². The lowest BCUT2D eigenvalue weighted by Gasteiger charge is -2.21. The van der Waals surface area contributed by atoms with Gasteiger partial charge in [-0.25, -0.2) is 0 Å². The number of halogens is 3. The van der Waals surface area contributed by atoms with Crippen molar-refractivity contribution in [1.82, 2.24) is 9.47 Å². The maximum atomic E-state index is 13.2. The fourth-order valence-corrected chi connectivity index (χ4v) is 4.90. The van der Waals surface area contributed by atoms with Crippen LogP contribution in [-0.4, -0.2) is 51.3 Å². The van der Waals surface area contributed by atoms with Gasteiger partial charge in [-0.15, -0.1) is 0 Å². The van der Waals surface area contributed by atoms with Crippen LogP contribution in [0.1, 0.15) is 46.6 Å². The highest BCUT2D eigenvalue weighted by molar-refractivity contribution is 5.99. The molecule has 0 saturated carbocycles. The van der Waals surface area contributed by atoms with E-state index in [1.165, 1.54) is 22.8 Å². The SMILES string of the molecule is Cc1c(C(=O)CN2C3CCC2[C@H](O)C3)cc(CC(F)(F)F)n1-c1ccc(C#N)cc1. The first kappa shape index (κ1) is 20.6. The van der Waals surface area contributed by atoms with Gasteiger partial charge < -0.3 is 9.67 Å². The molecule has 2 aliphatic heterocycles. The Morgan fingerprint density at radius 2 is 1.97 bits per heavy atom. The lowest BCUT2D eigenvalue weighted by Crippen LogP contribution is -2.36. The number of carbonyl (C=O) groups is 1. The fourth-order valence-electron chi connectivity index (χ4n) is 4.90. The van der Waals surface area contributed by atoms with Crippen LogP contribution in [0.15, 0.2) is 30.3 Å². The maximum Gasteiger partial charge on any atom is 0.394 e. The number of hydrogen-bond acceptors (Lipinski definition) is 4. The van der Waals surface area contributed by atoms with Gasteiger partial charge in [0.1, 0.15) is 0 Å². The predicted molar refractivity (Wildman–Crippen MR) is 103 cm³/mol. The Morgan fingerprint density at radius 1 is 1.27 bits per heavy atom. The Morgan fingerprint density at radius 3 is 2.50 bits per heavy atom. The largest absolute Gasteiger partial charge is 0.394 e. The molecule has 0 radical (unpaired) electrons. The number of hydrogen-bond donors (Lipinski definition) is 1. The van der Waals surface area contributed by atoms with Crippen molar-refractivity contribution in [3.8, 4) is 11.8 Å². The van der Waals surface area contributed by atoms with Gasteiger partial charge in [0.2, 0.25) is 0 Å². The normalized spacial score (nSPS) is 23.7. The van der Waals surface area contributed by atoms with Crippen LogP contribution in [0.25, 0.3) is 5.69 Å². The molecule has 1 N–H and O–H groups in total. The highest BCUT2D eigenvalue weighted by Gasteiger charge is 2.46. The molecule has 1 aromatic carbocycles. The number of aromatic nitrogens is 1. The van der Waals surface area contributed by atoms with E-state index in [4.69, 9.17) is 5.26 Å². The minimum absolute atomic E-state index is 0.0162. The van der Waals surface area contributed by atoms with Crippen molar-refractivity contribution in [3.05, 3.63) is 52.8 Å². The molecule has 2 unspecified atom stereocenters. The third-order valence-electron chi connectivity index (χ3n) is 6.23. The number of fused-ring (bicyclic) bond motifs is 2.